The topological polar surface area (TPSA) is 43.4 Å². The Balaban J connectivity index is 3.30. The number of ether oxygens (including phenoxy) is 1. The zero-order valence-corrected chi connectivity index (χ0v) is 8.59. The van der Waals surface area contributed by atoms with Gasteiger partial charge >= 0.3 is 5.97 Å². The normalized spacial score (nSPS) is 9.27. The molecular formula is C7H11IO3. The van der Waals surface area contributed by atoms with Gasteiger partial charge in [-0.2, -0.15) is 0 Å². The maximum Gasteiger partial charge on any atom is 0.313 e. The Morgan fingerprint density at radius 1 is 1.45 bits per heavy atom. The van der Waals surface area contributed by atoms with Crippen molar-refractivity contribution in [1.29, 1.82) is 0 Å². The lowest BCUT2D eigenvalue weighted by molar-refractivity contribution is -0.145. The second kappa shape index (κ2) is 6.57. The Hall–Kier alpha value is -0.130. The standard InChI is InChI=1S/C7H11IO3/c1-6(9)5-7(10)11-4-2-3-8/h2-5H2,1H3. The molecule has 64 valence electrons. The van der Waals surface area contributed by atoms with Gasteiger partial charge in [0.05, 0.1) is 6.61 Å². The number of hydrogen-bond acceptors (Lipinski definition) is 3. The second-order valence-corrected chi connectivity index (χ2v) is 3.22. The Morgan fingerprint density at radius 2 is 2.09 bits per heavy atom. The number of halogens is 1. The number of ketones is 1. The molecule has 4 heteroatoms. The average Bonchev–Trinajstić information content (AvgIpc) is 1.86. The van der Waals surface area contributed by atoms with Crippen LogP contribution >= 0.6 is 22.6 Å². The van der Waals surface area contributed by atoms with Gasteiger partial charge in [-0.05, 0) is 13.3 Å². The van der Waals surface area contributed by atoms with Crippen LogP contribution in [0, 0.1) is 0 Å². The van der Waals surface area contributed by atoms with Gasteiger partial charge in [-0.15, -0.1) is 0 Å². The Labute approximate surface area is 79.6 Å². The van der Waals surface area contributed by atoms with Gasteiger partial charge in [-0.1, -0.05) is 22.6 Å². The van der Waals surface area contributed by atoms with E-state index in [4.69, 9.17) is 4.74 Å². The molecule has 0 aliphatic heterocycles. The fourth-order valence-electron chi connectivity index (χ4n) is 0.495. The molecule has 0 spiro atoms. The first-order valence-electron chi connectivity index (χ1n) is 3.38. The van der Waals surface area contributed by atoms with Gasteiger partial charge in [0.2, 0.25) is 0 Å². The van der Waals surface area contributed by atoms with Crippen LogP contribution in [0.1, 0.15) is 19.8 Å². The number of rotatable bonds is 5. The van der Waals surface area contributed by atoms with E-state index in [1.807, 2.05) is 0 Å². The van der Waals surface area contributed by atoms with E-state index >= 15 is 0 Å². The third-order valence-electron chi connectivity index (χ3n) is 0.934. The summed E-state index contributed by atoms with van der Waals surface area (Å²) in [6.45, 7) is 1.80. The first-order valence-corrected chi connectivity index (χ1v) is 4.90. The molecular weight excluding hydrogens is 259 g/mol. The molecule has 0 radical (unpaired) electrons. The molecule has 0 bridgehead atoms. The van der Waals surface area contributed by atoms with Crippen LogP contribution in [0.4, 0.5) is 0 Å². The predicted molar refractivity (Wildman–Crippen MR) is 49.8 cm³/mol. The van der Waals surface area contributed by atoms with Crippen molar-refractivity contribution in [1.82, 2.24) is 0 Å². The molecule has 0 aromatic heterocycles. The van der Waals surface area contributed by atoms with E-state index in [2.05, 4.69) is 22.6 Å². The number of esters is 1. The highest BCUT2D eigenvalue weighted by Crippen LogP contribution is 1.92. The Morgan fingerprint density at radius 3 is 2.55 bits per heavy atom. The number of carbonyl (C=O) groups excluding carboxylic acids is 2. The largest absolute Gasteiger partial charge is 0.465 e. The predicted octanol–water partition coefficient (Wildman–Crippen LogP) is 1.33. The van der Waals surface area contributed by atoms with Crippen LogP contribution < -0.4 is 0 Å². The first-order chi connectivity index (χ1) is 5.16. The number of carbonyl (C=O) groups is 2. The molecule has 0 amide bonds. The third kappa shape index (κ3) is 7.77. The minimum absolute atomic E-state index is 0.0960. The molecule has 0 fully saturated rings. The monoisotopic (exact) mass is 270 g/mol. The van der Waals surface area contributed by atoms with Crippen molar-refractivity contribution in [3.05, 3.63) is 0 Å². The van der Waals surface area contributed by atoms with Crippen LogP contribution in [0.5, 0.6) is 0 Å². The van der Waals surface area contributed by atoms with Gasteiger partial charge in [0.25, 0.3) is 0 Å². The van der Waals surface area contributed by atoms with Crippen LogP contribution in [-0.2, 0) is 14.3 Å². The Kier molecular flexibility index (Phi) is 6.49. The highest BCUT2D eigenvalue weighted by atomic mass is 127. The van der Waals surface area contributed by atoms with Crippen LogP contribution in [0.25, 0.3) is 0 Å². The summed E-state index contributed by atoms with van der Waals surface area (Å²) in [5, 5.41) is 0. The third-order valence-corrected chi connectivity index (χ3v) is 1.70. The quantitative estimate of drug-likeness (QED) is 0.249. The van der Waals surface area contributed by atoms with Crippen molar-refractivity contribution in [3.8, 4) is 0 Å². The zero-order chi connectivity index (χ0) is 8.69. The molecule has 11 heavy (non-hydrogen) atoms. The molecule has 0 saturated carbocycles. The van der Waals surface area contributed by atoms with E-state index in [1.165, 1.54) is 6.92 Å². The molecule has 0 N–H and O–H groups in total. The van der Waals surface area contributed by atoms with Crippen LogP contribution in [0.2, 0.25) is 0 Å². The molecule has 0 heterocycles. The van der Waals surface area contributed by atoms with Crippen molar-refractivity contribution in [2.75, 3.05) is 11.0 Å². The van der Waals surface area contributed by atoms with Gasteiger partial charge in [0.15, 0.2) is 0 Å². The summed E-state index contributed by atoms with van der Waals surface area (Å²) in [4.78, 5) is 21.1. The summed E-state index contributed by atoms with van der Waals surface area (Å²) < 4.78 is 5.69. The van der Waals surface area contributed by atoms with Crippen molar-refractivity contribution in [2.45, 2.75) is 19.8 Å². The number of alkyl halides is 1. The van der Waals surface area contributed by atoms with E-state index in [-0.39, 0.29) is 12.2 Å². The van der Waals surface area contributed by atoms with Gasteiger partial charge < -0.3 is 4.74 Å². The van der Waals surface area contributed by atoms with Crippen LogP contribution in [0.15, 0.2) is 0 Å². The van der Waals surface area contributed by atoms with Gasteiger partial charge in [-0.25, -0.2) is 0 Å². The van der Waals surface area contributed by atoms with Crippen LogP contribution in [-0.4, -0.2) is 22.8 Å². The number of hydrogen-bond donors (Lipinski definition) is 0. The fraction of sp³-hybridized carbons (Fsp3) is 0.714. The molecule has 3 nitrogen and oxygen atoms in total. The minimum atomic E-state index is -0.414. The maximum absolute atomic E-state index is 10.7. The molecule has 0 aliphatic rings. The summed E-state index contributed by atoms with van der Waals surface area (Å²) in [6.07, 6.45) is 0.755. The van der Waals surface area contributed by atoms with Gasteiger partial charge in [0, 0.05) is 4.43 Å². The van der Waals surface area contributed by atoms with Crippen molar-refractivity contribution in [3.63, 3.8) is 0 Å². The fourth-order valence-corrected chi connectivity index (χ4v) is 0.806. The summed E-state index contributed by atoms with van der Waals surface area (Å²) in [7, 11) is 0. The average molecular weight is 270 g/mol. The first kappa shape index (κ1) is 10.9. The van der Waals surface area contributed by atoms with Crippen molar-refractivity contribution in [2.24, 2.45) is 0 Å². The highest BCUT2D eigenvalue weighted by molar-refractivity contribution is 14.1. The second-order valence-electron chi connectivity index (χ2n) is 2.14. The summed E-state index contributed by atoms with van der Waals surface area (Å²) in [5.74, 6) is -0.563. The molecule has 0 aliphatic carbocycles. The smallest absolute Gasteiger partial charge is 0.313 e. The van der Waals surface area contributed by atoms with E-state index < -0.39 is 5.97 Å². The minimum Gasteiger partial charge on any atom is -0.465 e. The number of Topliss-reactive ketones (excluding diaryl/α,β-unsaturated/α-hetero) is 1. The molecule has 0 unspecified atom stereocenters. The molecule has 0 aromatic rings. The summed E-state index contributed by atoms with van der Waals surface area (Å²) in [6, 6.07) is 0. The lowest BCUT2D eigenvalue weighted by Crippen LogP contribution is -2.09. The van der Waals surface area contributed by atoms with E-state index in [9.17, 15) is 9.59 Å². The summed E-state index contributed by atoms with van der Waals surface area (Å²) in [5.41, 5.74) is 0. The van der Waals surface area contributed by atoms with Gasteiger partial charge in [-0.3, -0.25) is 9.59 Å². The maximum atomic E-state index is 10.7. The SMILES string of the molecule is CC(=O)CC(=O)OCCCI. The van der Waals surface area contributed by atoms with Crippen molar-refractivity contribution < 1.29 is 14.3 Å². The lowest BCUT2D eigenvalue weighted by Gasteiger charge is -2.00. The Bertz CT molecular complexity index is 145. The lowest BCUT2D eigenvalue weighted by atomic mass is 10.3. The van der Waals surface area contributed by atoms with Crippen molar-refractivity contribution >= 4 is 34.3 Å². The van der Waals surface area contributed by atoms with E-state index in [0.29, 0.717) is 6.61 Å². The van der Waals surface area contributed by atoms with Gasteiger partial charge in [0.1, 0.15) is 12.2 Å². The van der Waals surface area contributed by atoms with E-state index in [0.717, 1.165) is 10.8 Å². The highest BCUT2D eigenvalue weighted by Gasteiger charge is 2.04. The van der Waals surface area contributed by atoms with Crippen LogP contribution in [0.3, 0.4) is 0 Å². The molecule has 0 atom stereocenters. The summed E-state index contributed by atoms with van der Waals surface area (Å²) >= 11 is 2.20. The van der Waals surface area contributed by atoms with E-state index in [1.54, 1.807) is 0 Å². The molecule has 0 aromatic carbocycles. The zero-order valence-electron chi connectivity index (χ0n) is 6.43. The molecule has 0 rings (SSSR count). The molecule has 0 saturated heterocycles.